The topological polar surface area (TPSA) is 52.7 Å². The molecule has 8 heteroatoms. The Bertz CT molecular complexity index is 991. The third-order valence-corrected chi connectivity index (χ3v) is 8.14. The number of hydrogen-bond donors (Lipinski definition) is 2. The van der Waals surface area contributed by atoms with Gasteiger partial charge in [-0.2, -0.15) is 0 Å². The van der Waals surface area contributed by atoms with Crippen molar-refractivity contribution in [3.8, 4) is 0 Å². The van der Waals surface area contributed by atoms with Crippen LogP contribution in [0.15, 0.2) is 23.2 Å². The van der Waals surface area contributed by atoms with Crippen molar-refractivity contribution >= 4 is 33.4 Å². The van der Waals surface area contributed by atoms with Crippen molar-refractivity contribution in [2.24, 2.45) is 4.99 Å². The largest absolute Gasteiger partial charge is 0.381 e. The highest BCUT2D eigenvalue weighted by molar-refractivity contribution is 8.14. The summed E-state index contributed by atoms with van der Waals surface area (Å²) in [6, 6.07) is 7.23. The highest BCUT2D eigenvalue weighted by Gasteiger charge is 2.35. The van der Waals surface area contributed by atoms with Crippen LogP contribution in [0.4, 0.5) is 14.5 Å². The molecule has 5 nitrogen and oxygen atoms in total. The molecule has 0 radical (unpaired) electrons. The minimum atomic E-state index is -2.51. The zero-order chi connectivity index (χ0) is 22.3. The van der Waals surface area contributed by atoms with Gasteiger partial charge in [0.15, 0.2) is 0 Å². The fourth-order valence-corrected chi connectivity index (χ4v) is 6.20. The number of nitrogens with one attached hydrogen (secondary N) is 2. The van der Waals surface area contributed by atoms with Crippen LogP contribution in [0.5, 0.6) is 0 Å². The molecule has 0 spiro atoms. The van der Waals surface area contributed by atoms with E-state index in [-0.39, 0.29) is 24.9 Å². The van der Waals surface area contributed by atoms with Gasteiger partial charge in [0.05, 0.1) is 36.2 Å². The Labute approximate surface area is 192 Å². The van der Waals surface area contributed by atoms with Crippen LogP contribution in [0.1, 0.15) is 43.9 Å². The molecule has 3 aliphatic rings. The molecule has 1 saturated heterocycles. The van der Waals surface area contributed by atoms with E-state index in [1.807, 2.05) is 11.8 Å². The Balaban J connectivity index is 1.35. The molecule has 174 valence electrons. The van der Waals surface area contributed by atoms with Crippen LogP contribution in [0, 0.1) is 6.92 Å². The highest BCUT2D eigenvalue weighted by Crippen LogP contribution is 2.36. The molecule has 5 rings (SSSR count). The quantitative estimate of drug-likeness (QED) is 0.653. The summed E-state index contributed by atoms with van der Waals surface area (Å²) in [4.78, 5) is 11.1. The van der Waals surface area contributed by atoms with Crippen molar-refractivity contribution in [1.82, 2.24) is 9.88 Å². The first-order valence-corrected chi connectivity index (χ1v) is 12.7. The molecular weight excluding hydrogens is 430 g/mol. The number of fused-ring (bicyclic) bond motifs is 1. The highest BCUT2D eigenvalue weighted by atomic mass is 32.2. The Morgan fingerprint density at radius 2 is 1.97 bits per heavy atom. The first-order chi connectivity index (χ1) is 15.4. The van der Waals surface area contributed by atoms with Crippen molar-refractivity contribution in [3.05, 3.63) is 29.5 Å². The second-order valence-electron chi connectivity index (χ2n) is 9.44. The molecule has 1 aromatic heterocycles. The monoisotopic (exact) mass is 462 g/mol. The van der Waals surface area contributed by atoms with E-state index in [4.69, 9.17) is 9.73 Å². The Morgan fingerprint density at radius 3 is 2.72 bits per heavy atom. The first kappa shape index (κ1) is 22.2. The summed E-state index contributed by atoms with van der Waals surface area (Å²) in [5.74, 6) is -1.52. The van der Waals surface area contributed by atoms with Crippen LogP contribution in [-0.2, 0) is 4.74 Å². The van der Waals surface area contributed by atoms with Gasteiger partial charge < -0.3 is 15.0 Å². The molecule has 3 heterocycles. The van der Waals surface area contributed by atoms with E-state index in [2.05, 4.69) is 47.2 Å². The smallest absolute Gasteiger partial charge is 0.248 e. The number of halogens is 2. The summed E-state index contributed by atoms with van der Waals surface area (Å²) >= 11 is 1.81. The SMILES string of the molecule is Cc1cc(NC2CCC(F)(F)CC2)c2[nH]c(C3=NC(C(C)N4CCOCC4)CS3)cc2c1. The standard InChI is InChI=1S/C24H32F2N4OS/c1-15-11-17-13-20(23-29-21(14-32-23)16(2)30-7-9-31-10-8-30)28-22(17)19(12-15)27-18-3-5-24(25,26)6-4-18/h11-13,16,18,21,27-28H,3-10,14H2,1-2H3. The molecule has 2 aliphatic heterocycles. The van der Waals surface area contributed by atoms with Crippen LogP contribution >= 0.6 is 11.8 Å². The van der Waals surface area contributed by atoms with E-state index in [9.17, 15) is 8.78 Å². The van der Waals surface area contributed by atoms with Gasteiger partial charge >= 0.3 is 0 Å². The number of aromatic amines is 1. The van der Waals surface area contributed by atoms with Crippen LogP contribution in [0.3, 0.4) is 0 Å². The van der Waals surface area contributed by atoms with Gasteiger partial charge in [0.25, 0.3) is 0 Å². The maximum absolute atomic E-state index is 13.6. The summed E-state index contributed by atoms with van der Waals surface area (Å²) < 4.78 is 32.6. The number of aromatic nitrogens is 1. The number of H-pyrrole nitrogens is 1. The maximum Gasteiger partial charge on any atom is 0.248 e. The number of alkyl halides is 2. The molecule has 1 saturated carbocycles. The van der Waals surface area contributed by atoms with Crippen molar-refractivity contribution in [2.45, 2.75) is 63.6 Å². The molecule has 2 atom stereocenters. The van der Waals surface area contributed by atoms with Gasteiger partial charge in [-0.1, -0.05) is 0 Å². The molecule has 0 bridgehead atoms. The molecule has 1 aliphatic carbocycles. The fourth-order valence-electron chi connectivity index (χ4n) is 5.04. The van der Waals surface area contributed by atoms with Crippen LogP contribution in [0.25, 0.3) is 10.9 Å². The number of rotatable bonds is 5. The Morgan fingerprint density at radius 1 is 1.22 bits per heavy atom. The van der Waals surface area contributed by atoms with Crippen molar-refractivity contribution < 1.29 is 13.5 Å². The summed E-state index contributed by atoms with van der Waals surface area (Å²) in [7, 11) is 0. The number of ether oxygens (including phenoxy) is 1. The summed E-state index contributed by atoms with van der Waals surface area (Å²) in [5, 5.41) is 5.74. The van der Waals surface area contributed by atoms with E-state index in [0.717, 1.165) is 64.9 Å². The molecule has 2 N–H and O–H groups in total. The van der Waals surface area contributed by atoms with Gasteiger partial charge in [-0.05, 0) is 50.5 Å². The maximum atomic E-state index is 13.6. The summed E-state index contributed by atoms with van der Waals surface area (Å²) in [6.07, 6.45) is 0.927. The molecule has 2 aromatic rings. The Hall–Kier alpha value is -1.64. The zero-order valence-corrected chi connectivity index (χ0v) is 19.6. The molecule has 2 fully saturated rings. The molecular formula is C24H32F2N4OS. The summed E-state index contributed by atoms with van der Waals surface area (Å²) in [5.41, 5.74) is 4.25. The van der Waals surface area contributed by atoms with E-state index in [0.29, 0.717) is 18.9 Å². The summed E-state index contributed by atoms with van der Waals surface area (Å²) in [6.45, 7) is 7.90. The van der Waals surface area contributed by atoms with Gasteiger partial charge in [0, 0.05) is 49.2 Å². The predicted molar refractivity (Wildman–Crippen MR) is 128 cm³/mol. The van der Waals surface area contributed by atoms with E-state index in [1.54, 1.807) is 0 Å². The van der Waals surface area contributed by atoms with E-state index < -0.39 is 5.92 Å². The number of aryl methyl sites for hydroxylation is 1. The number of hydrogen-bond acceptors (Lipinski definition) is 5. The minimum absolute atomic E-state index is 0.0359. The molecule has 1 aromatic carbocycles. The normalized spacial score (nSPS) is 25.8. The lowest BCUT2D eigenvalue weighted by Gasteiger charge is -2.34. The lowest BCUT2D eigenvalue weighted by molar-refractivity contribution is -0.0360. The number of morpholine rings is 1. The fraction of sp³-hybridized carbons (Fsp3) is 0.625. The first-order valence-electron chi connectivity index (χ1n) is 11.7. The number of benzene rings is 1. The minimum Gasteiger partial charge on any atom is -0.381 e. The number of anilines is 1. The van der Waals surface area contributed by atoms with Crippen molar-refractivity contribution in [3.63, 3.8) is 0 Å². The number of nitrogens with zero attached hydrogens (tertiary/aromatic N) is 2. The van der Waals surface area contributed by atoms with Crippen molar-refractivity contribution in [1.29, 1.82) is 0 Å². The average molecular weight is 463 g/mol. The second-order valence-corrected chi connectivity index (χ2v) is 10.4. The third-order valence-electron chi connectivity index (χ3n) is 7.03. The van der Waals surface area contributed by atoms with E-state index >= 15 is 0 Å². The van der Waals surface area contributed by atoms with Gasteiger partial charge in [0.1, 0.15) is 5.04 Å². The van der Waals surface area contributed by atoms with Gasteiger partial charge in [-0.15, -0.1) is 11.8 Å². The predicted octanol–water partition coefficient (Wildman–Crippen LogP) is 5.05. The van der Waals surface area contributed by atoms with Crippen LogP contribution in [-0.4, -0.2) is 71.0 Å². The van der Waals surface area contributed by atoms with Crippen LogP contribution < -0.4 is 5.32 Å². The molecule has 2 unspecified atom stereocenters. The average Bonchev–Trinajstić information content (AvgIpc) is 3.42. The third kappa shape index (κ3) is 4.68. The zero-order valence-electron chi connectivity index (χ0n) is 18.8. The molecule has 0 amide bonds. The van der Waals surface area contributed by atoms with Crippen LogP contribution in [0.2, 0.25) is 0 Å². The lowest BCUT2D eigenvalue weighted by Crippen LogP contribution is -2.47. The number of aliphatic imine (C=N–C) groups is 1. The van der Waals surface area contributed by atoms with Gasteiger partial charge in [-0.25, -0.2) is 8.78 Å². The second kappa shape index (κ2) is 8.95. The van der Waals surface area contributed by atoms with Gasteiger partial charge in [-0.3, -0.25) is 9.89 Å². The Kier molecular flexibility index (Phi) is 6.20. The van der Waals surface area contributed by atoms with E-state index in [1.165, 1.54) is 0 Å². The number of thioether (sulfide) groups is 1. The lowest BCUT2D eigenvalue weighted by atomic mass is 9.92. The van der Waals surface area contributed by atoms with Gasteiger partial charge in [0.2, 0.25) is 5.92 Å². The molecule has 32 heavy (non-hydrogen) atoms. The van der Waals surface area contributed by atoms with Crippen molar-refractivity contribution in [2.75, 3.05) is 37.4 Å².